The normalized spacial score (nSPS) is 28.0. The molecule has 110 valence electrons. The summed E-state index contributed by atoms with van der Waals surface area (Å²) in [7, 11) is 0. The van der Waals surface area contributed by atoms with Gasteiger partial charge in [0.2, 0.25) is 0 Å². The van der Waals surface area contributed by atoms with Crippen LogP contribution in [0.1, 0.15) is 32.3 Å². The van der Waals surface area contributed by atoms with Crippen molar-refractivity contribution in [1.29, 1.82) is 0 Å². The maximum atomic E-state index is 13.4. The summed E-state index contributed by atoms with van der Waals surface area (Å²) in [5.41, 5.74) is 1.10. The average molecular weight is 276 g/mol. The smallest absolute Gasteiger partial charge is 0.123 e. The van der Waals surface area contributed by atoms with Crippen molar-refractivity contribution in [2.45, 2.75) is 45.3 Å². The Kier molecular flexibility index (Phi) is 4.08. The van der Waals surface area contributed by atoms with Gasteiger partial charge in [0.25, 0.3) is 0 Å². The van der Waals surface area contributed by atoms with Crippen molar-refractivity contribution >= 4 is 0 Å². The summed E-state index contributed by atoms with van der Waals surface area (Å²) in [5.74, 6) is 1.37. The van der Waals surface area contributed by atoms with Crippen molar-refractivity contribution in [3.63, 3.8) is 0 Å². The summed E-state index contributed by atoms with van der Waals surface area (Å²) in [4.78, 5) is 2.58. The second-order valence-corrected chi connectivity index (χ2v) is 6.72. The summed E-state index contributed by atoms with van der Waals surface area (Å²) >= 11 is 0. The van der Waals surface area contributed by atoms with Gasteiger partial charge >= 0.3 is 0 Å². The van der Waals surface area contributed by atoms with E-state index < -0.39 is 0 Å². The zero-order chi connectivity index (χ0) is 14.1. The lowest BCUT2D eigenvalue weighted by Crippen LogP contribution is -2.58. The molecule has 1 N–H and O–H groups in total. The Morgan fingerprint density at radius 1 is 1.35 bits per heavy atom. The molecule has 1 aromatic carbocycles. The molecule has 2 unspecified atom stereocenters. The summed E-state index contributed by atoms with van der Waals surface area (Å²) in [6, 6.07) is 8.25. The molecule has 0 spiro atoms. The fourth-order valence-electron chi connectivity index (χ4n) is 3.30. The van der Waals surface area contributed by atoms with Crippen molar-refractivity contribution < 1.29 is 4.39 Å². The van der Waals surface area contributed by atoms with Crippen LogP contribution in [0, 0.1) is 17.7 Å². The summed E-state index contributed by atoms with van der Waals surface area (Å²) < 4.78 is 13.4. The fourth-order valence-corrected chi connectivity index (χ4v) is 3.30. The Morgan fingerprint density at radius 3 is 2.80 bits per heavy atom. The van der Waals surface area contributed by atoms with Crippen LogP contribution >= 0.6 is 0 Å². The van der Waals surface area contributed by atoms with Gasteiger partial charge in [-0.05, 0) is 42.4 Å². The van der Waals surface area contributed by atoms with Crippen LogP contribution in [0.15, 0.2) is 24.3 Å². The van der Waals surface area contributed by atoms with E-state index in [4.69, 9.17) is 0 Å². The molecule has 0 aromatic heterocycles. The van der Waals surface area contributed by atoms with Crippen molar-refractivity contribution in [3.05, 3.63) is 35.6 Å². The molecule has 2 atom stereocenters. The van der Waals surface area contributed by atoms with Gasteiger partial charge in [0, 0.05) is 31.7 Å². The molecule has 2 aliphatic rings. The number of piperazine rings is 1. The van der Waals surface area contributed by atoms with E-state index in [-0.39, 0.29) is 5.82 Å². The Morgan fingerprint density at radius 2 is 2.15 bits per heavy atom. The van der Waals surface area contributed by atoms with Gasteiger partial charge < -0.3 is 5.32 Å². The quantitative estimate of drug-likeness (QED) is 0.909. The highest BCUT2D eigenvalue weighted by Crippen LogP contribution is 2.37. The Labute approximate surface area is 121 Å². The van der Waals surface area contributed by atoms with Gasteiger partial charge in [-0.2, -0.15) is 0 Å². The second-order valence-electron chi connectivity index (χ2n) is 6.72. The minimum Gasteiger partial charge on any atom is -0.311 e. The van der Waals surface area contributed by atoms with Crippen molar-refractivity contribution in [3.8, 4) is 0 Å². The Balaban J connectivity index is 1.72. The number of benzene rings is 1. The number of halogens is 1. The van der Waals surface area contributed by atoms with E-state index in [1.807, 2.05) is 12.1 Å². The molecule has 1 aliphatic carbocycles. The van der Waals surface area contributed by atoms with E-state index in [1.165, 1.54) is 18.9 Å². The summed E-state index contributed by atoms with van der Waals surface area (Å²) in [5, 5.41) is 3.70. The van der Waals surface area contributed by atoms with Crippen LogP contribution in [0.4, 0.5) is 4.39 Å². The standard InChI is InChI=1S/C17H25FN2/c1-12(2)16-11-20(17(9-19-16)14-6-7-14)10-13-4-3-5-15(18)8-13/h3-5,8,12,14,16-17,19H,6-7,9-11H2,1-2H3. The highest BCUT2D eigenvalue weighted by atomic mass is 19.1. The van der Waals surface area contributed by atoms with Crippen molar-refractivity contribution in [1.82, 2.24) is 10.2 Å². The van der Waals surface area contributed by atoms with Crippen LogP contribution in [0.5, 0.6) is 0 Å². The minimum atomic E-state index is -0.124. The third-order valence-electron chi connectivity index (χ3n) is 4.73. The topological polar surface area (TPSA) is 15.3 Å². The maximum Gasteiger partial charge on any atom is 0.123 e. The van der Waals surface area contributed by atoms with Crippen LogP contribution in [0.2, 0.25) is 0 Å². The number of nitrogens with zero attached hydrogens (tertiary/aromatic N) is 1. The van der Waals surface area contributed by atoms with E-state index in [9.17, 15) is 4.39 Å². The predicted octanol–water partition coefficient (Wildman–Crippen LogP) is 3.03. The molecule has 20 heavy (non-hydrogen) atoms. The molecule has 2 nitrogen and oxygen atoms in total. The SMILES string of the molecule is CC(C)C1CN(Cc2cccc(F)c2)C(C2CC2)CN1. The molecular formula is C17H25FN2. The Bertz CT molecular complexity index is 456. The van der Waals surface area contributed by atoms with E-state index in [2.05, 4.69) is 24.1 Å². The highest BCUT2D eigenvalue weighted by molar-refractivity contribution is 5.16. The number of nitrogens with one attached hydrogen (secondary N) is 1. The molecule has 3 rings (SSSR count). The summed E-state index contributed by atoms with van der Waals surface area (Å²) in [6.45, 7) is 7.59. The van der Waals surface area contributed by atoms with Crippen LogP contribution in [0.25, 0.3) is 0 Å². The molecule has 1 saturated heterocycles. The van der Waals surface area contributed by atoms with E-state index in [0.717, 1.165) is 31.1 Å². The number of hydrogen-bond donors (Lipinski definition) is 1. The predicted molar refractivity (Wildman–Crippen MR) is 80.0 cm³/mol. The maximum absolute atomic E-state index is 13.4. The zero-order valence-electron chi connectivity index (χ0n) is 12.5. The molecular weight excluding hydrogens is 251 g/mol. The van der Waals surface area contributed by atoms with Crippen LogP contribution < -0.4 is 5.32 Å². The molecule has 3 heteroatoms. The average Bonchev–Trinajstić information content (AvgIpc) is 3.23. The van der Waals surface area contributed by atoms with Crippen molar-refractivity contribution in [2.24, 2.45) is 11.8 Å². The molecule has 1 heterocycles. The lowest BCUT2D eigenvalue weighted by atomic mass is 9.97. The van der Waals surface area contributed by atoms with Gasteiger partial charge in [0.1, 0.15) is 5.82 Å². The molecule has 0 amide bonds. The first-order chi connectivity index (χ1) is 9.63. The van der Waals surface area contributed by atoms with Crippen LogP contribution in [0.3, 0.4) is 0 Å². The van der Waals surface area contributed by atoms with Crippen LogP contribution in [-0.2, 0) is 6.54 Å². The van der Waals surface area contributed by atoms with Gasteiger partial charge in [-0.1, -0.05) is 26.0 Å². The zero-order valence-corrected chi connectivity index (χ0v) is 12.5. The molecule has 1 aromatic rings. The molecule has 2 fully saturated rings. The minimum absolute atomic E-state index is 0.124. The van der Waals surface area contributed by atoms with Crippen molar-refractivity contribution in [2.75, 3.05) is 13.1 Å². The van der Waals surface area contributed by atoms with Gasteiger partial charge in [0.15, 0.2) is 0 Å². The monoisotopic (exact) mass is 276 g/mol. The largest absolute Gasteiger partial charge is 0.311 e. The van der Waals surface area contributed by atoms with Crippen LogP contribution in [-0.4, -0.2) is 30.1 Å². The lowest BCUT2D eigenvalue weighted by molar-refractivity contribution is 0.0925. The fraction of sp³-hybridized carbons (Fsp3) is 0.647. The van der Waals surface area contributed by atoms with Gasteiger partial charge in [-0.3, -0.25) is 4.90 Å². The first-order valence-corrected chi connectivity index (χ1v) is 7.85. The Hall–Kier alpha value is -0.930. The first kappa shape index (κ1) is 14.0. The first-order valence-electron chi connectivity index (χ1n) is 7.85. The number of hydrogen-bond acceptors (Lipinski definition) is 2. The van der Waals surface area contributed by atoms with E-state index in [0.29, 0.717) is 18.0 Å². The second kappa shape index (κ2) is 5.82. The molecule has 0 radical (unpaired) electrons. The molecule has 1 aliphatic heterocycles. The van der Waals surface area contributed by atoms with Gasteiger partial charge in [0.05, 0.1) is 0 Å². The molecule has 1 saturated carbocycles. The lowest BCUT2D eigenvalue weighted by Gasteiger charge is -2.42. The number of rotatable bonds is 4. The summed E-state index contributed by atoms with van der Waals surface area (Å²) in [6.07, 6.45) is 2.72. The van der Waals surface area contributed by atoms with Gasteiger partial charge in [-0.15, -0.1) is 0 Å². The van der Waals surface area contributed by atoms with E-state index >= 15 is 0 Å². The molecule has 0 bridgehead atoms. The highest BCUT2D eigenvalue weighted by Gasteiger charge is 2.39. The van der Waals surface area contributed by atoms with Gasteiger partial charge in [-0.25, -0.2) is 4.39 Å². The van der Waals surface area contributed by atoms with E-state index in [1.54, 1.807) is 6.07 Å². The third kappa shape index (κ3) is 3.21. The third-order valence-corrected chi connectivity index (χ3v) is 4.73.